The average Bonchev–Trinajstić information content (AvgIpc) is 2.37. The summed E-state index contributed by atoms with van der Waals surface area (Å²) in [7, 11) is -1.79. The summed E-state index contributed by atoms with van der Waals surface area (Å²) in [6.45, 7) is 11.6. The molecule has 0 N–H and O–H groups in total. The van der Waals surface area contributed by atoms with Crippen LogP contribution in [-0.2, 0) is 14.0 Å². The van der Waals surface area contributed by atoms with Crippen molar-refractivity contribution < 1.29 is 18.8 Å². The fourth-order valence-electron chi connectivity index (χ4n) is 2.15. The van der Waals surface area contributed by atoms with E-state index in [1.165, 1.54) is 6.92 Å². The maximum atomic E-state index is 12.0. The second-order valence-electron chi connectivity index (χ2n) is 6.00. The van der Waals surface area contributed by atoms with Gasteiger partial charge in [0.1, 0.15) is 0 Å². The molecule has 0 aromatic heterocycles. The van der Waals surface area contributed by atoms with E-state index in [9.17, 15) is 9.59 Å². The molecule has 4 nitrogen and oxygen atoms in total. The molecule has 120 valence electrons. The van der Waals surface area contributed by atoms with E-state index in [4.69, 9.17) is 9.16 Å². The largest absolute Gasteiger partial charge is 0.547 e. The van der Waals surface area contributed by atoms with Gasteiger partial charge in [0.15, 0.2) is 5.78 Å². The number of rotatable bonds is 6. The van der Waals surface area contributed by atoms with Gasteiger partial charge in [-0.25, -0.2) is 4.79 Å². The molecule has 0 radical (unpaired) electrons. The van der Waals surface area contributed by atoms with Gasteiger partial charge in [0.2, 0.25) is 8.32 Å². The van der Waals surface area contributed by atoms with E-state index in [1.54, 1.807) is 31.2 Å². The molecule has 1 rings (SSSR count). The first kappa shape index (κ1) is 18.2. The summed E-state index contributed by atoms with van der Waals surface area (Å²) in [5.41, 5.74) is 1.77. The van der Waals surface area contributed by atoms with Crippen LogP contribution in [0.4, 0.5) is 0 Å². The molecule has 0 aliphatic heterocycles. The second-order valence-corrected chi connectivity index (χ2v) is 10.4. The third-order valence-corrected chi connectivity index (χ3v) is 3.77. The van der Waals surface area contributed by atoms with E-state index < -0.39 is 8.32 Å². The minimum Gasteiger partial charge on any atom is -0.547 e. The number of hydrogen-bond donors (Lipinski definition) is 0. The van der Waals surface area contributed by atoms with Crippen LogP contribution in [0, 0.1) is 0 Å². The van der Waals surface area contributed by atoms with Gasteiger partial charge < -0.3 is 9.16 Å². The van der Waals surface area contributed by atoms with E-state index in [-0.39, 0.29) is 11.8 Å². The Morgan fingerprint density at radius 1 is 1.00 bits per heavy atom. The molecule has 0 saturated heterocycles. The monoisotopic (exact) mass is 320 g/mol. The zero-order valence-corrected chi connectivity index (χ0v) is 15.1. The Bertz CT molecular complexity index is 580. The smallest absolute Gasteiger partial charge is 0.338 e. The van der Waals surface area contributed by atoms with Crippen LogP contribution in [-0.4, -0.2) is 26.7 Å². The first-order valence-electron chi connectivity index (χ1n) is 7.34. The normalized spacial score (nSPS) is 12.5. The molecule has 5 heteroatoms. The van der Waals surface area contributed by atoms with E-state index in [0.29, 0.717) is 23.5 Å². The van der Waals surface area contributed by atoms with Crippen LogP contribution in [0.3, 0.4) is 0 Å². The number of esters is 1. The van der Waals surface area contributed by atoms with Crippen molar-refractivity contribution in [1.82, 2.24) is 0 Å². The first-order valence-corrected chi connectivity index (χ1v) is 10.7. The Morgan fingerprint density at radius 2 is 1.50 bits per heavy atom. The van der Waals surface area contributed by atoms with Gasteiger partial charge in [-0.1, -0.05) is 12.1 Å². The quantitative estimate of drug-likeness (QED) is 0.344. The van der Waals surface area contributed by atoms with Crippen LogP contribution in [0.2, 0.25) is 19.6 Å². The third-order valence-electron chi connectivity index (χ3n) is 2.85. The standard InChI is InChI=1S/C17H24O4Si/c1-7-20-17(19)15-10-8-14(9-11-15)16(12(2)18)13(3)21-22(4,5)6/h8-11H,7H2,1-6H3/b16-13+. The molecule has 0 aliphatic carbocycles. The van der Waals surface area contributed by atoms with Crippen molar-refractivity contribution in [2.75, 3.05) is 6.61 Å². The van der Waals surface area contributed by atoms with Gasteiger partial charge >= 0.3 is 5.97 Å². The molecule has 0 fully saturated rings. The van der Waals surface area contributed by atoms with Gasteiger partial charge in [-0.15, -0.1) is 0 Å². The van der Waals surface area contributed by atoms with Crippen molar-refractivity contribution in [3.8, 4) is 0 Å². The van der Waals surface area contributed by atoms with Crippen LogP contribution >= 0.6 is 0 Å². The van der Waals surface area contributed by atoms with E-state index in [1.807, 2.05) is 6.92 Å². The molecule has 0 spiro atoms. The Labute approximate surface area is 133 Å². The maximum absolute atomic E-state index is 12.0. The number of ether oxygens (including phenoxy) is 1. The lowest BCUT2D eigenvalue weighted by Gasteiger charge is -2.22. The zero-order valence-electron chi connectivity index (χ0n) is 14.1. The van der Waals surface area contributed by atoms with E-state index >= 15 is 0 Å². The topological polar surface area (TPSA) is 52.6 Å². The Balaban J connectivity index is 3.16. The van der Waals surface area contributed by atoms with Crippen LogP contribution in [0.1, 0.15) is 36.7 Å². The summed E-state index contributed by atoms with van der Waals surface area (Å²) in [5.74, 6) is 0.215. The lowest BCUT2D eigenvalue weighted by Crippen LogP contribution is -2.25. The molecular weight excluding hydrogens is 296 g/mol. The molecule has 0 aliphatic rings. The predicted octanol–water partition coefficient (Wildman–Crippen LogP) is 4.03. The van der Waals surface area contributed by atoms with Gasteiger partial charge in [-0.05, 0) is 58.1 Å². The molecule has 0 saturated carbocycles. The van der Waals surface area contributed by atoms with Gasteiger partial charge in [0.05, 0.1) is 23.5 Å². The third kappa shape index (κ3) is 5.15. The maximum Gasteiger partial charge on any atom is 0.338 e. The van der Waals surface area contributed by atoms with Crippen molar-refractivity contribution >= 4 is 25.6 Å². The van der Waals surface area contributed by atoms with Crippen LogP contribution in [0.5, 0.6) is 0 Å². The SMILES string of the molecule is CCOC(=O)c1ccc(/C(C(C)=O)=C(\C)O[Si](C)(C)C)cc1. The number of hydrogen-bond acceptors (Lipinski definition) is 4. The number of allylic oxidation sites excluding steroid dienone is 2. The van der Waals surface area contributed by atoms with Crippen molar-refractivity contribution in [3.63, 3.8) is 0 Å². The highest BCUT2D eigenvalue weighted by Gasteiger charge is 2.20. The summed E-state index contributed by atoms with van der Waals surface area (Å²) < 4.78 is 10.9. The predicted molar refractivity (Wildman–Crippen MR) is 90.1 cm³/mol. The van der Waals surface area contributed by atoms with Gasteiger partial charge in [0, 0.05) is 0 Å². The molecule has 0 heterocycles. The lowest BCUT2D eigenvalue weighted by atomic mass is 10.00. The molecule has 22 heavy (non-hydrogen) atoms. The summed E-state index contributed by atoms with van der Waals surface area (Å²) in [6, 6.07) is 6.83. The minimum absolute atomic E-state index is 0.0559. The van der Waals surface area contributed by atoms with Crippen LogP contribution in [0.15, 0.2) is 30.0 Å². The molecular formula is C17H24O4Si. The highest BCUT2D eigenvalue weighted by Crippen LogP contribution is 2.24. The van der Waals surface area contributed by atoms with E-state index in [0.717, 1.165) is 5.56 Å². The number of benzene rings is 1. The molecule has 0 atom stereocenters. The number of carbonyl (C=O) groups is 2. The van der Waals surface area contributed by atoms with Gasteiger partial charge in [-0.2, -0.15) is 0 Å². The summed E-state index contributed by atoms with van der Waals surface area (Å²) in [5, 5.41) is 0. The Kier molecular flexibility index (Phi) is 6.11. The van der Waals surface area contributed by atoms with Crippen molar-refractivity contribution in [2.24, 2.45) is 0 Å². The van der Waals surface area contributed by atoms with Crippen molar-refractivity contribution in [1.29, 1.82) is 0 Å². The summed E-state index contributed by atoms with van der Waals surface area (Å²) >= 11 is 0. The summed E-state index contributed by atoms with van der Waals surface area (Å²) in [4.78, 5) is 23.6. The Morgan fingerprint density at radius 3 is 1.91 bits per heavy atom. The lowest BCUT2D eigenvalue weighted by molar-refractivity contribution is -0.111. The number of Topliss-reactive ketones (excluding diaryl/α,β-unsaturated/α-hetero) is 1. The number of carbonyl (C=O) groups excluding carboxylic acids is 2. The molecule has 1 aromatic carbocycles. The molecule has 0 bridgehead atoms. The van der Waals surface area contributed by atoms with Crippen LogP contribution in [0.25, 0.3) is 5.57 Å². The van der Waals surface area contributed by atoms with E-state index in [2.05, 4.69) is 19.6 Å². The summed E-state index contributed by atoms with van der Waals surface area (Å²) in [6.07, 6.45) is 0. The average molecular weight is 320 g/mol. The first-order chi connectivity index (χ1) is 10.2. The Hall–Kier alpha value is -1.88. The zero-order chi connectivity index (χ0) is 16.9. The molecule has 0 amide bonds. The van der Waals surface area contributed by atoms with Gasteiger partial charge in [0.25, 0.3) is 0 Å². The van der Waals surface area contributed by atoms with Gasteiger partial charge in [-0.3, -0.25) is 4.79 Å². The molecule has 1 aromatic rings. The fraction of sp³-hybridized carbons (Fsp3) is 0.412. The second kappa shape index (κ2) is 7.40. The molecule has 0 unspecified atom stereocenters. The van der Waals surface area contributed by atoms with Crippen molar-refractivity contribution in [3.05, 3.63) is 41.2 Å². The highest BCUT2D eigenvalue weighted by molar-refractivity contribution is 6.70. The highest BCUT2D eigenvalue weighted by atomic mass is 28.4. The van der Waals surface area contributed by atoms with Crippen molar-refractivity contribution in [2.45, 2.75) is 40.4 Å². The minimum atomic E-state index is -1.79. The fourth-order valence-corrected chi connectivity index (χ4v) is 3.17. The van der Waals surface area contributed by atoms with Crippen LogP contribution < -0.4 is 0 Å². The number of ketones is 1.